The molecule has 3 aromatic rings. The molecule has 0 bridgehead atoms. The van der Waals surface area contributed by atoms with E-state index in [-0.39, 0.29) is 0 Å². The second kappa shape index (κ2) is 6.84. The monoisotopic (exact) mass is 343 g/mol. The first-order valence-electron chi connectivity index (χ1n) is 7.79. The van der Waals surface area contributed by atoms with Gasteiger partial charge in [-0.05, 0) is 37.1 Å². The number of nitrogens with one attached hydrogen (secondary N) is 1. The van der Waals surface area contributed by atoms with E-state index in [0.29, 0.717) is 29.4 Å². The van der Waals surface area contributed by atoms with Gasteiger partial charge in [0, 0.05) is 6.54 Å². The summed E-state index contributed by atoms with van der Waals surface area (Å²) >= 11 is 0. The maximum atomic E-state index is 5.40. The second-order valence-corrected chi connectivity index (χ2v) is 5.57. The summed E-state index contributed by atoms with van der Waals surface area (Å²) in [5.41, 5.74) is 4.53. The number of rotatable bonds is 6. The molecule has 0 aliphatic heterocycles. The first kappa shape index (κ1) is 16.8. The molecule has 25 heavy (non-hydrogen) atoms. The van der Waals surface area contributed by atoms with E-state index in [1.54, 1.807) is 32.2 Å². The van der Waals surface area contributed by atoms with Gasteiger partial charge >= 0.3 is 0 Å². The van der Waals surface area contributed by atoms with Crippen molar-refractivity contribution in [1.29, 1.82) is 0 Å². The van der Waals surface area contributed by atoms with Gasteiger partial charge in [0.05, 0.1) is 32.7 Å². The van der Waals surface area contributed by atoms with Crippen molar-refractivity contribution in [2.75, 3.05) is 26.6 Å². The van der Waals surface area contributed by atoms with Gasteiger partial charge < -0.3 is 19.5 Å². The van der Waals surface area contributed by atoms with Crippen LogP contribution in [0.2, 0.25) is 0 Å². The topological polar surface area (TPSA) is 82.8 Å². The maximum Gasteiger partial charge on any atom is 0.203 e. The largest absolute Gasteiger partial charge is 0.493 e. The highest BCUT2D eigenvalue weighted by Gasteiger charge is 2.15. The van der Waals surface area contributed by atoms with Crippen LogP contribution in [0.25, 0.3) is 5.65 Å². The lowest BCUT2D eigenvalue weighted by atomic mass is 10.1. The van der Waals surface area contributed by atoms with Crippen LogP contribution in [0.4, 0.5) is 5.69 Å². The summed E-state index contributed by atoms with van der Waals surface area (Å²) in [6, 6.07) is 3.83. The van der Waals surface area contributed by atoms with Gasteiger partial charge in [0.2, 0.25) is 11.4 Å². The predicted octanol–water partition coefficient (Wildman–Crippen LogP) is 2.38. The van der Waals surface area contributed by atoms with Crippen LogP contribution in [-0.4, -0.2) is 41.1 Å². The van der Waals surface area contributed by atoms with Gasteiger partial charge in [0.15, 0.2) is 11.5 Å². The van der Waals surface area contributed by atoms with Crippen molar-refractivity contribution in [1.82, 2.24) is 19.8 Å². The number of nitrogens with zero attached hydrogens (tertiary/aromatic N) is 4. The number of fused-ring (bicyclic) bond motifs is 1. The summed E-state index contributed by atoms with van der Waals surface area (Å²) in [4.78, 5) is 0. The molecule has 0 aliphatic carbocycles. The van der Waals surface area contributed by atoms with E-state index < -0.39 is 0 Å². The van der Waals surface area contributed by atoms with Crippen molar-refractivity contribution in [2.45, 2.75) is 20.4 Å². The van der Waals surface area contributed by atoms with Crippen LogP contribution >= 0.6 is 0 Å². The Labute approximate surface area is 145 Å². The highest BCUT2D eigenvalue weighted by Crippen LogP contribution is 2.38. The Kier molecular flexibility index (Phi) is 4.60. The van der Waals surface area contributed by atoms with Crippen LogP contribution in [0.1, 0.15) is 16.8 Å². The van der Waals surface area contributed by atoms with Gasteiger partial charge in [-0.15, -0.1) is 10.2 Å². The minimum absolute atomic E-state index is 0.559. The molecule has 132 valence electrons. The predicted molar refractivity (Wildman–Crippen MR) is 93.7 cm³/mol. The number of hydrogen-bond acceptors (Lipinski definition) is 7. The van der Waals surface area contributed by atoms with Crippen LogP contribution < -0.4 is 19.5 Å². The standard InChI is InChI=1S/C17H21N5O3/c1-10-11(2)21-22-9-19-20-17(22)15(10)18-8-12-6-13(23-3)16(25-5)14(7-12)24-4/h6-7,9,18H,8H2,1-5H3. The van der Waals surface area contributed by atoms with Crippen molar-refractivity contribution in [2.24, 2.45) is 0 Å². The number of aryl methyl sites for hydroxylation is 1. The molecule has 0 fully saturated rings. The zero-order chi connectivity index (χ0) is 18.0. The summed E-state index contributed by atoms with van der Waals surface area (Å²) in [7, 11) is 4.79. The lowest BCUT2D eigenvalue weighted by Crippen LogP contribution is -2.08. The van der Waals surface area contributed by atoms with Crippen molar-refractivity contribution in [3.05, 3.63) is 35.3 Å². The van der Waals surface area contributed by atoms with E-state index in [9.17, 15) is 0 Å². The lowest BCUT2D eigenvalue weighted by Gasteiger charge is -2.16. The molecule has 8 heteroatoms. The highest BCUT2D eigenvalue weighted by molar-refractivity contribution is 5.71. The molecule has 2 aromatic heterocycles. The highest BCUT2D eigenvalue weighted by atomic mass is 16.5. The Hall–Kier alpha value is -3.03. The molecule has 0 spiro atoms. The van der Waals surface area contributed by atoms with Crippen LogP contribution in [0.15, 0.2) is 18.5 Å². The molecular weight excluding hydrogens is 322 g/mol. The van der Waals surface area contributed by atoms with Crippen LogP contribution in [-0.2, 0) is 6.54 Å². The Morgan fingerprint density at radius 2 is 1.72 bits per heavy atom. The Bertz CT molecular complexity index is 882. The van der Waals surface area contributed by atoms with Crippen molar-refractivity contribution < 1.29 is 14.2 Å². The minimum Gasteiger partial charge on any atom is -0.493 e. The summed E-state index contributed by atoms with van der Waals surface area (Å²) in [5.74, 6) is 1.81. The van der Waals surface area contributed by atoms with Crippen molar-refractivity contribution in [3.8, 4) is 17.2 Å². The van der Waals surface area contributed by atoms with Crippen LogP contribution in [0.5, 0.6) is 17.2 Å². The zero-order valence-electron chi connectivity index (χ0n) is 15.0. The van der Waals surface area contributed by atoms with E-state index in [2.05, 4.69) is 20.6 Å². The molecule has 0 unspecified atom stereocenters. The number of aromatic nitrogens is 4. The fraction of sp³-hybridized carbons (Fsp3) is 0.353. The van der Waals surface area contributed by atoms with Gasteiger partial charge in [-0.3, -0.25) is 0 Å². The average Bonchev–Trinajstić information content (AvgIpc) is 3.08. The first-order valence-corrected chi connectivity index (χ1v) is 7.79. The van der Waals surface area contributed by atoms with E-state index in [4.69, 9.17) is 14.2 Å². The smallest absolute Gasteiger partial charge is 0.203 e. The van der Waals surface area contributed by atoms with Crippen LogP contribution in [0.3, 0.4) is 0 Å². The Balaban J connectivity index is 1.94. The van der Waals surface area contributed by atoms with E-state index >= 15 is 0 Å². The van der Waals surface area contributed by atoms with Gasteiger partial charge in [-0.25, -0.2) is 0 Å². The molecule has 0 atom stereocenters. The normalized spacial score (nSPS) is 10.8. The zero-order valence-corrected chi connectivity index (χ0v) is 15.0. The molecule has 0 aliphatic rings. The average molecular weight is 343 g/mol. The number of hydrogen-bond donors (Lipinski definition) is 1. The third-order valence-electron chi connectivity index (χ3n) is 4.12. The number of benzene rings is 1. The molecule has 0 amide bonds. The van der Waals surface area contributed by atoms with E-state index in [0.717, 1.165) is 22.5 Å². The first-order chi connectivity index (χ1) is 12.1. The molecule has 1 aromatic carbocycles. The molecule has 2 heterocycles. The summed E-state index contributed by atoms with van der Waals surface area (Å²) in [5, 5.41) is 15.9. The Morgan fingerprint density at radius 1 is 1.04 bits per heavy atom. The quantitative estimate of drug-likeness (QED) is 0.736. The fourth-order valence-electron chi connectivity index (χ4n) is 2.69. The molecule has 8 nitrogen and oxygen atoms in total. The Morgan fingerprint density at radius 3 is 2.32 bits per heavy atom. The molecule has 0 saturated carbocycles. The summed E-state index contributed by atoms with van der Waals surface area (Å²) in [6.45, 7) is 4.53. The van der Waals surface area contributed by atoms with E-state index in [1.807, 2.05) is 26.0 Å². The lowest BCUT2D eigenvalue weighted by molar-refractivity contribution is 0.324. The van der Waals surface area contributed by atoms with Crippen molar-refractivity contribution >= 4 is 11.3 Å². The number of ether oxygens (including phenoxy) is 3. The van der Waals surface area contributed by atoms with Crippen LogP contribution in [0, 0.1) is 13.8 Å². The fourth-order valence-corrected chi connectivity index (χ4v) is 2.69. The summed E-state index contributed by atoms with van der Waals surface area (Å²) < 4.78 is 17.8. The SMILES string of the molecule is COc1cc(CNc2c(C)c(C)nn3cnnc23)cc(OC)c1OC. The maximum absolute atomic E-state index is 5.40. The van der Waals surface area contributed by atoms with Gasteiger partial charge in [-0.1, -0.05) is 0 Å². The van der Waals surface area contributed by atoms with Gasteiger partial charge in [-0.2, -0.15) is 9.61 Å². The minimum atomic E-state index is 0.559. The number of methoxy groups -OCH3 is 3. The molecule has 0 radical (unpaired) electrons. The van der Waals surface area contributed by atoms with Crippen molar-refractivity contribution in [3.63, 3.8) is 0 Å². The molecule has 1 N–H and O–H groups in total. The molecular formula is C17H21N5O3. The third kappa shape index (κ3) is 3.02. The molecule has 0 saturated heterocycles. The van der Waals surface area contributed by atoms with Gasteiger partial charge in [0.1, 0.15) is 6.33 Å². The third-order valence-corrected chi connectivity index (χ3v) is 4.12. The summed E-state index contributed by atoms with van der Waals surface area (Å²) in [6.07, 6.45) is 1.59. The van der Waals surface area contributed by atoms with E-state index in [1.165, 1.54) is 0 Å². The number of anilines is 1. The van der Waals surface area contributed by atoms with Gasteiger partial charge in [0.25, 0.3) is 0 Å². The molecule has 3 rings (SSSR count). The second-order valence-electron chi connectivity index (χ2n) is 5.57.